The first-order valence-electron chi connectivity index (χ1n) is 5.58. The number of carbonyl (C=O) groups is 2. The van der Waals surface area contributed by atoms with Crippen LogP contribution < -0.4 is 0 Å². The Morgan fingerprint density at radius 2 is 1.89 bits per heavy atom. The number of Topliss-reactive ketones (excluding diaryl/α,β-unsaturated/α-hetero) is 1. The van der Waals surface area contributed by atoms with Crippen molar-refractivity contribution in [2.75, 3.05) is 11.5 Å². The fraction of sp³-hybridized carbons (Fsp3) is 0.500. The van der Waals surface area contributed by atoms with Crippen LogP contribution in [-0.4, -0.2) is 37.3 Å². The fourth-order valence-corrected chi connectivity index (χ4v) is 2.37. The molecule has 0 fully saturated rings. The van der Waals surface area contributed by atoms with Crippen LogP contribution in [0.25, 0.3) is 0 Å². The molecule has 6 nitrogen and oxygen atoms in total. The molecule has 0 bridgehead atoms. The van der Waals surface area contributed by atoms with Gasteiger partial charge in [0.05, 0.1) is 6.26 Å². The summed E-state index contributed by atoms with van der Waals surface area (Å²) >= 11 is 0. The van der Waals surface area contributed by atoms with Gasteiger partial charge in [-0.2, -0.15) is 0 Å². The molecule has 7 heteroatoms. The number of esters is 1. The molecule has 0 aliphatic rings. The van der Waals surface area contributed by atoms with Crippen LogP contribution in [0, 0.1) is 0 Å². The molecule has 0 saturated heterocycles. The molecule has 0 aromatic carbocycles. The summed E-state index contributed by atoms with van der Waals surface area (Å²) in [5.41, 5.74) is -0.766. The topological polar surface area (TPSA) is 90.7 Å². The maximum atomic E-state index is 11.7. The van der Waals surface area contributed by atoms with Crippen molar-refractivity contribution in [2.24, 2.45) is 0 Å². The number of rotatable bonds is 5. The Balaban J connectivity index is 2.62. The van der Waals surface area contributed by atoms with E-state index in [1.165, 1.54) is 18.4 Å². The largest absolute Gasteiger partial charge is 0.461 e. The third-order valence-electron chi connectivity index (χ3n) is 1.90. The van der Waals surface area contributed by atoms with Crippen LogP contribution in [0.3, 0.4) is 0 Å². The van der Waals surface area contributed by atoms with Crippen molar-refractivity contribution < 1.29 is 27.2 Å². The molecular weight excluding hydrogens is 272 g/mol. The van der Waals surface area contributed by atoms with Gasteiger partial charge in [0.25, 0.3) is 0 Å². The lowest BCUT2D eigenvalue weighted by molar-refractivity contribution is -0.151. The molecule has 19 heavy (non-hydrogen) atoms. The predicted molar refractivity (Wildman–Crippen MR) is 67.5 cm³/mol. The van der Waals surface area contributed by atoms with E-state index in [1.807, 2.05) is 0 Å². The van der Waals surface area contributed by atoms with E-state index in [4.69, 9.17) is 9.15 Å². The van der Waals surface area contributed by atoms with Crippen LogP contribution in [0.1, 0.15) is 31.3 Å². The fourth-order valence-electron chi connectivity index (χ4n) is 1.31. The molecule has 0 N–H and O–H groups in total. The average Bonchev–Trinajstić information content (AvgIpc) is 2.63. The minimum atomic E-state index is -3.86. The monoisotopic (exact) mass is 288 g/mol. The lowest BCUT2D eigenvalue weighted by Crippen LogP contribution is -2.30. The zero-order valence-corrected chi connectivity index (χ0v) is 11.8. The quantitative estimate of drug-likeness (QED) is 0.597. The number of furan rings is 1. The predicted octanol–water partition coefficient (Wildman–Crippen LogP) is 1.22. The molecule has 1 rings (SSSR count). The molecule has 1 aromatic heterocycles. The number of hydrogen-bond acceptors (Lipinski definition) is 6. The van der Waals surface area contributed by atoms with Crippen molar-refractivity contribution in [3.63, 3.8) is 0 Å². The Hall–Kier alpha value is -1.63. The van der Waals surface area contributed by atoms with Crippen LogP contribution >= 0.6 is 0 Å². The molecule has 0 aliphatic carbocycles. The molecule has 106 valence electrons. The van der Waals surface area contributed by atoms with Gasteiger partial charge < -0.3 is 9.15 Å². The highest BCUT2D eigenvalue weighted by atomic mass is 32.2. The summed E-state index contributed by atoms with van der Waals surface area (Å²) < 4.78 is 33.0. The zero-order chi connectivity index (χ0) is 14.7. The minimum Gasteiger partial charge on any atom is -0.461 e. The van der Waals surface area contributed by atoms with Crippen molar-refractivity contribution in [3.8, 4) is 0 Å². The Morgan fingerprint density at radius 1 is 1.26 bits per heavy atom. The summed E-state index contributed by atoms with van der Waals surface area (Å²) in [4.78, 5) is 23.0. The molecule has 1 heterocycles. The van der Waals surface area contributed by atoms with E-state index in [0.717, 1.165) is 0 Å². The molecule has 0 amide bonds. The summed E-state index contributed by atoms with van der Waals surface area (Å²) in [5, 5.41) is 0. The second kappa shape index (κ2) is 5.56. The third-order valence-corrected chi connectivity index (χ3v) is 3.28. The summed E-state index contributed by atoms with van der Waals surface area (Å²) in [6, 6.07) is 2.85. The van der Waals surface area contributed by atoms with Gasteiger partial charge in [-0.1, -0.05) is 0 Å². The molecular formula is C12H16O6S. The maximum Gasteiger partial charge on any atom is 0.321 e. The zero-order valence-electron chi connectivity index (χ0n) is 11.0. The van der Waals surface area contributed by atoms with Crippen LogP contribution in [-0.2, 0) is 19.4 Å². The SMILES string of the molecule is CC(C)(C)OC(=O)CS(=O)(=O)CC(=O)c1ccco1. The lowest BCUT2D eigenvalue weighted by Gasteiger charge is -2.19. The summed E-state index contributed by atoms with van der Waals surface area (Å²) in [6.45, 7) is 4.89. The van der Waals surface area contributed by atoms with Gasteiger partial charge in [0, 0.05) is 0 Å². The van der Waals surface area contributed by atoms with E-state index in [0.29, 0.717) is 0 Å². The highest BCUT2D eigenvalue weighted by molar-refractivity contribution is 7.92. The van der Waals surface area contributed by atoms with Crippen LogP contribution in [0.15, 0.2) is 22.8 Å². The first-order valence-corrected chi connectivity index (χ1v) is 7.40. The molecule has 0 atom stereocenters. The van der Waals surface area contributed by atoms with Gasteiger partial charge in [-0.05, 0) is 32.9 Å². The number of sulfone groups is 1. The van der Waals surface area contributed by atoms with Gasteiger partial charge in [0.1, 0.15) is 17.1 Å². The van der Waals surface area contributed by atoms with Gasteiger partial charge in [-0.3, -0.25) is 9.59 Å². The molecule has 0 radical (unpaired) electrons. The van der Waals surface area contributed by atoms with Gasteiger partial charge >= 0.3 is 5.97 Å². The highest BCUT2D eigenvalue weighted by Gasteiger charge is 2.26. The van der Waals surface area contributed by atoms with E-state index in [1.54, 1.807) is 20.8 Å². The Bertz CT molecular complexity index is 548. The van der Waals surface area contributed by atoms with Crippen molar-refractivity contribution in [2.45, 2.75) is 26.4 Å². The number of carbonyl (C=O) groups excluding carboxylic acids is 2. The van der Waals surface area contributed by atoms with Crippen molar-refractivity contribution in [1.82, 2.24) is 0 Å². The Kier molecular flexibility index (Phi) is 4.52. The second-order valence-corrected chi connectivity index (χ2v) is 7.08. The van der Waals surface area contributed by atoms with Gasteiger partial charge in [-0.25, -0.2) is 8.42 Å². The highest BCUT2D eigenvalue weighted by Crippen LogP contribution is 2.09. The van der Waals surface area contributed by atoms with E-state index in [2.05, 4.69) is 0 Å². The normalized spacial score (nSPS) is 12.2. The van der Waals surface area contributed by atoms with E-state index in [9.17, 15) is 18.0 Å². The number of hydrogen-bond donors (Lipinski definition) is 0. The number of ketones is 1. The van der Waals surface area contributed by atoms with Gasteiger partial charge in [0.2, 0.25) is 5.78 Å². The van der Waals surface area contributed by atoms with Crippen LogP contribution in [0.4, 0.5) is 0 Å². The summed E-state index contributed by atoms with van der Waals surface area (Å²) in [6.07, 6.45) is 1.27. The Morgan fingerprint density at radius 3 is 2.37 bits per heavy atom. The smallest absolute Gasteiger partial charge is 0.321 e. The van der Waals surface area contributed by atoms with Crippen molar-refractivity contribution >= 4 is 21.6 Å². The third kappa shape index (κ3) is 5.69. The average molecular weight is 288 g/mol. The number of ether oxygens (including phenoxy) is 1. The molecule has 0 saturated carbocycles. The molecule has 1 aromatic rings. The molecule has 0 spiro atoms. The van der Waals surface area contributed by atoms with E-state index < -0.39 is 38.7 Å². The second-order valence-electron chi connectivity index (χ2n) is 5.02. The maximum absolute atomic E-state index is 11.7. The van der Waals surface area contributed by atoms with Crippen molar-refractivity contribution in [1.29, 1.82) is 0 Å². The lowest BCUT2D eigenvalue weighted by atomic mass is 10.2. The first kappa shape index (κ1) is 15.4. The minimum absolute atomic E-state index is 0.0484. The molecule has 0 unspecified atom stereocenters. The van der Waals surface area contributed by atoms with Crippen LogP contribution in [0.2, 0.25) is 0 Å². The van der Waals surface area contributed by atoms with Crippen molar-refractivity contribution in [3.05, 3.63) is 24.2 Å². The van der Waals surface area contributed by atoms with E-state index >= 15 is 0 Å². The van der Waals surface area contributed by atoms with E-state index in [-0.39, 0.29) is 5.76 Å². The Labute approximate surface area is 111 Å². The van der Waals surface area contributed by atoms with Crippen LogP contribution in [0.5, 0.6) is 0 Å². The summed E-state index contributed by atoms with van der Waals surface area (Å²) in [7, 11) is -3.86. The summed E-state index contributed by atoms with van der Waals surface area (Å²) in [5.74, 6) is -3.21. The first-order chi connectivity index (χ1) is 8.59. The molecule has 0 aliphatic heterocycles. The van der Waals surface area contributed by atoms with Gasteiger partial charge in [-0.15, -0.1) is 0 Å². The van der Waals surface area contributed by atoms with Gasteiger partial charge in [0.15, 0.2) is 15.6 Å². The standard InChI is InChI=1S/C12H16O6S/c1-12(2,3)18-11(14)8-19(15,16)7-9(13)10-5-4-6-17-10/h4-6H,7-8H2,1-3H3.